The normalized spacial score (nSPS) is 11.8. The molecular formula is C14H12ClN3O3S. The predicted octanol–water partition coefficient (Wildman–Crippen LogP) is 2.57. The topological polar surface area (TPSA) is 74.1 Å². The van der Waals surface area contributed by atoms with Gasteiger partial charge in [0, 0.05) is 40.4 Å². The number of fused-ring (bicyclic) bond motifs is 1. The van der Waals surface area contributed by atoms with Gasteiger partial charge in [-0.25, -0.2) is 13.4 Å². The molecule has 3 aromatic rings. The number of hydrogen-bond donors (Lipinski definition) is 0. The molecule has 0 amide bonds. The van der Waals surface area contributed by atoms with Crippen molar-refractivity contribution in [2.45, 2.75) is 4.90 Å². The molecule has 1 aromatic carbocycles. The molecule has 0 spiro atoms. The summed E-state index contributed by atoms with van der Waals surface area (Å²) in [6, 6.07) is 6.32. The van der Waals surface area contributed by atoms with Gasteiger partial charge in [-0.15, -0.1) is 0 Å². The monoisotopic (exact) mass is 337 g/mol. The van der Waals surface area contributed by atoms with Crippen LogP contribution >= 0.6 is 10.7 Å². The average Bonchev–Trinajstić information content (AvgIpc) is 2.86. The zero-order valence-electron chi connectivity index (χ0n) is 11.8. The average molecular weight is 338 g/mol. The Balaban J connectivity index is 2.23. The predicted molar refractivity (Wildman–Crippen MR) is 83.5 cm³/mol. The van der Waals surface area contributed by atoms with E-state index in [1.165, 1.54) is 19.2 Å². The highest BCUT2D eigenvalue weighted by Gasteiger charge is 2.15. The summed E-state index contributed by atoms with van der Waals surface area (Å²) in [6.07, 6.45) is 3.34. The van der Waals surface area contributed by atoms with Crippen LogP contribution in [0.4, 0.5) is 0 Å². The van der Waals surface area contributed by atoms with Crippen LogP contribution in [0.25, 0.3) is 22.2 Å². The summed E-state index contributed by atoms with van der Waals surface area (Å²) in [5.74, 6) is 0.536. The molecule has 3 rings (SSSR count). The number of benzene rings is 1. The van der Waals surface area contributed by atoms with Gasteiger partial charge in [0.2, 0.25) is 0 Å². The van der Waals surface area contributed by atoms with Crippen molar-refractivity contribution in [2.75, 3.05) is 7.11 Å². The SMILES string of the molecule is COc1ccc(S(=O)(=O)Cl)cc1-c1cnc2c(cnn2C)c1. The van der Waals surface area contributed by atoms with E-state index in [9.17, 15) is 8.42 Å². The van der Waals surface area contributed by atoms with E-state index < -0.39 is 9.05 Å². The quantitative estimate of drug-likeness (QED) is 0.687. The molecule has 0 unspecified atom stereocenters. The minimum absolute atomic E-state index is 0.0104. The fourth-order valence-electron chi connectivity index (χ4n) is 2.26. The van der Waals surface area contributed by atoms with E-state index in [0.717, 1.165) is 16.6 Å². The van der Waals surface area contributed by atoms with Gasteiger partial charge in [-0.1, -0.05) is 0 Å². The second-order valence-corrected chi connectivity index (χ2v) is 7.27. The van der Waals surface area contributed by atoms with Gasteiger partial charge in [-0.05, 0) is 24.3 Å². The number of rotatable bonds is 3. The van der Waals surface area contributed by atoms with Gasteiger partial charge in [-0.3, -0.25) is 4.68 Å². The van der Waals surface area contributed by atoms with Gasteiger partial charge in [0.1, 0.15) is 5.75 Å². The van der Waals surface area contributed by atoms with Gasteiger partial charge < -0.3 is 4.74 Å². The van der Waals surface area contributed by atoms with Gasteiger partial charge in [0.05, 0.1) is 18.2 Å². The molecule has 8 heteroatoms. The highest BCUT2D eigenvalue weighted by Crippen LogP contribution is 2.33. The Kier molecular flexibility index (Phi) is 3.54. The zero-order chi connectivity index (χ0) is 15.9. The molecule has 0 radical (unpaired) electrons. The van der Waals surface area contributed by atoms with Crippen molar-refractivity contribution < 1.29 is 13.2 Å². The fourth-order valence-corrected chi connectivity index (χ4v) is 3.03. The van der Waals surface area contributed by atoms with E-state index in [4.69, 9.17) is 15.4 Å². The van der Waals surface area contributed by atoms with Crippen LogP contribution in [0.15, 0.2) is 41.6 Å². The van der Waals surface area contributed by atoms with Crippen molar-refractivity contribution in [3.05, 3.63) is 36.7 Å². The molecule has 0 bridgehead atoms. The molecule has 0 atom stereocenters. The van der Waals surface area contributed by atoms with Crippen LogP contribution < -0.4 is 4.74 Å². The van der Waals surface area contributed by atoms with Crippen LogP contribution in [-0.2, 0) is 16.1 Å². The molecule has 0 aliphatic heterocycles. The van der Waals surface area contributed by atoms with Crippen LogP contribution in [0.1, 0.15) is 0 Å². The Labute approximate surface area is 131 Å². The molecular weight excluding hydrogens is 326 g/mol. The van der Waals surface area contributed by atoms with Gasteiger partial charge in [0.25, 0.3) is 9.05 Å². The molecule has 0 saturated carbocycles. The van der Waals surface area contributed by atoms with E-state index in [1.54, 1.807) is 30.2 Å². The highest BCUT2D eigenvalue weighted by atomic mass is 35.7. The molecule has 0 fully saturated rings. The lowest BCUT2D eigenvalue weighted by molar-refractivity contribution is 0.416. The summed E-state index contributed by atoms with van der Waals surface area (Å²) in [5.41, 5.74) is 2.06. The summed E-state index contributed by atoms with van der Waals surface area (Å²) in [6.45, 7) is 0. The number of hydrogen-bond acceptors (Lipinski definition) is 5. The fraction of sp³-hybridized carbons (Fsp3) is 0.143. The minimum atomic E-state index is -3.82. The van der Waals surface area contributed by atoms with Crippen molar-refractivity contribution in [3.8, 4) is 16.9 Å². The zero-order valence-corrected chi connectivity index (χ0v) is 13.4. The van der Waals surface area contributed by atoms with Crippen LogP contribution in [0.2, 0.25) is 0 Å². The van der Waals surface area contributed by atoms with E-state index in [1.807, 2.05) is 6.07 Å². The molecule has 6 nitrogen and oxygen atoms in total. The number of pyridine rings is 1. The summed E-state index contributed by atoms with van der Waals surface area (Å²) < 4.78 is 30.0. The maximum absolute atomic E-state index is 11.5. The maximum atomic E-state index is 11.5. The van der Waals surface area contributed by atoms with Crippen LogP contribution in [-0.4, -0.2) is 30.3 Å². The van der Waals surface area contributed by atoms with Crippen molar-refractivity contribution in [1.29, 1.82) is 0 Å². The maximum Gasteiger partial charge on any atom is 0.261 e. The summed E-state index contributed by atoms with van der Waals surface area (Å²) in [4.78, 5) is 4.36. The smallest absolute Gasteiger partial charge is 0.261 e. The number of aryl methyl sites for hydroxylation is 1. The van der Waals surface area contributed by atoms with Crippen molar-refractivity contribution in [1.82, 2.24) is 14.8 Å². The molecule has 114 valence electrons. The second kappa shape index (κ2) is 5.26. The van der Waals surface area contributed by atoms with E-state index in [0.29, 0.717) is 11.3 Å². The number of nitrogens with zero attached hydrogens (tertiary/aromatic N) is 3. The molecule has 0 aliphatic carbocycles. The van der Waals surface area contributed by atoms with Crippen molar-refractivity contribution >= 4 is 30.8 Å². The first-order valence-corrected chi connectivity index (χ1v) is 8.62. The number of halogens is 1. The van der Waals surface area contributed by atoms with Gasteiger partial charge in [-0.2, -0.15) is 5.10 Å². The molecule has 0 saturated heterocycles. The largest absolute Gasteiger partial charge is 0.496 e. The molecule has 2 aromatic heterocycles. The Bertz CT molecular complexity index is 967. The lowest BCUT2D eigenvalue weighted by Gasteiger charge is -2.10. The highest BCUT2D eigenvalue weighted by molar-refractivity contribution is 8.13. The minimum Gasteiger partial charge on any atom is -0.496 e. The van der Waals surface area contributed by atoms with Crippen molar-refractivity contribution in [2.24, 2.45) is 7.05 Å². The third kappa shape index (κ3) is 2.53. The van der Waals surface area contributed by atoms with Crippen LogP contribution in [0.3, 0.4) is 0 Å². The molecule has 0 aliphatic rings. The Morgan fingerprint density at radius 1 is 1.23 bits per heavy atom. The van der Waals surface area contributed by atoms with E-state index in [2.05, 4.69) is 10.1 Å². The first-order chi connectivity index (χ1) is 10.4. The summed E-state index contributed by atoms with van der Waals surface area (Å²) >= 11 is 0. The third-order valence-electron chi connectivity index (χ3n) is 3.34. The molecule has 22 heavy (non-hydrogen) atoms. The lowest BCUT2D eigenvalue weighted by atomic mass is 10.1. The Hall–Kier alpha value is -2.12. The Morgan fingerprint density at radius 2 is 2.00 bits per heavy atom. The van der Waals surface area contributed by atoms with Gasteiger partial charge >= 0.3 is 0 Å². The number of methoxy groups -OCH3 is 1. The van der Waals surface area contributed by atoms with E-state index >= 15 is 0 Å². The van der Waals surface area contributed by atoms with Crippen LogP contribution in [0, 0.1) is 0 Å². The first kappa shape index (κ1) is 14.8. The standard InChI is InChI=1S/C14H12ClN3O3S/c1-18-14-10(8-17-18)5-9(7-16-14)12-6-11(22(15,19)20)3-4-13(12)21-2/h3-8H,1-2H3. The van der Waals surface area contributed by atoms with Crippen LogP contribution in [0.5, 0.6) is 5.75 Å². The third-order valence-corrected chi connectivity index (χ3v) is 4.69. The molecule has 2 heterocycles. The lowest BCUT2D eigenvalue weighted by Crippen LogP contribution is -1.95. The second-order valence-electron chi connectivity index (χ2n) is 4.70. The van der Waals surface area contributed by atoms with Crippen molar-refractivity contribution in [3.63, 3.8) is 0 Å². The summed E-state index contributed by atoms with van der Waals surface area (Å²) in [7, 11) is 4.92. The number of ether oxygens (including phenoxy) is 1. The first-order valence-electron chi connectivity index (χ1n) is 6.31. The van der Waals surface area contributed by atoms with E-state index in [-0.39, 0.29) is 4.90 Å². The van der Waals surface area contributed by atoms with Gasteiger partial charge in [0.15, 0.2) is 5.65 Å². The Morgan fingerprint density at radius 3 is 2.68 bits per heavy atom. The number of aromatic nitrogens is 3. The molecule has 0 N–H and O–H groups in total. The summed E-state index contributed by atoms with van der Waals surface area (Å²) in [5, 5.41) is 4.98.